The van der Waals surface area contributed by atoms with Gasteiger partial charge in [0.15, 0.2) is 0 Å². The second-order valence-electron chi connectivity index (χ2n) is 5.05. The Morgan fingerprint density at radius 2 is 2.19 bits per heavy atom. The van der Waals surface area contributed by atoms with Crippen molar-refractivity contribution in [3.63, 3.8) is 0 Å². The number of rotatable bonds is 5. The van der Waals surface area contributed by atoms with Gasteiger partial charge in [0.1, 0.15) is 11.4 Å². The number of aromatic nitrogens is 2. The first kappa shape index (κ1) is 15.1. The van der Waals surface area contributed by atoms with E-state index in [1.807, 2.05) is 38.1 Å². The van der Waals surface area contributed by atoms with Crippen molar-refractivity contribution in [2.75, 3.05) is 7.11 Å². The number of benzene rings is 1. The van der Waals surface area contributed by atoms with Gasteiger partial charge in [-0.3, -0.25) is 9.48 Å². The molecule has 5 heteroatoms. The molecule has 0 spiro atoms. The molecule has 112 valence electrons. The van der Waals surface area contributed by atoms with Crippen LogP contribution in [0, 0.1) is 0 Å². The summed E-state index contributed by atoms with van der Waals surface area (Å²) < 4.78 is 6.82. The quantitative estimate of drug-likeness (QED) is 0.919. The predicted molar refractivity (Wildman–Crippen MR) is 82.4 cm³/mol. The van der Waals surface area contributed by atoms with E-state index in [1.165, 1.54) is 0 Å². The molecule has 0 aliphatic heterocycles. The van der Waals surface area contributed by atoms with Crippen molar-refractivity contribution in [1.29, 1.82) is 0 Å². The summed E-state index contributed by atoms with van der Waals surface area (Å²) in [4.78, 5) is 12.2. The van der Waals surface area contributed by atoms with E-state index in [4.69, 9.17) is 4.74 Å². The van der Waals surface area contributed by atoms with Crippen molar-refractivity contribution in [1.82, 2.24) is 15.1 Å². The van der Waals surface area contributed by atoms with E-state index >= 15 is 0 Å². The van der Waals surface area contributed by atoms with Crippen molar-refractivity contribution < 1.29 is 9.53 Å². The van der Waals surface area contributed by atoms with Crippen LogP contribution in [0.2, 0.25) is 0 Å². The largest absolute Gasteiger partial charge is 0.497 e. The van der Waals surface area contributed by atoms with Crippen LogP contribution in [-0.2, 0) is 7.05 Å². The maximum Gasteiger partial charge on any atom is 0.269 e. The minimum atomic E-state index is -0.103. The number of methoxy groups -OCH3 is 1. The third kappa shape index (κ3) is 3.42. The fourth-order valence-electron chi connectivity index (χ4n) is 2.00. The molecule has 1 atom stereocenters. The Bertz CT molecular complexity index is 634. The monoisotopic (exact) mass is 287 g/mol. The lowest BCUT2D eigenvalue weighted by atomic mass is 10.1. The first-order chi connectivity index (χ1) is 10.0. The maximum atomic E-state index is 12.2. The second-order valence-corrected chi connectivity index (χ2v) is 5.05. The van der Waals surface area contributed by atoms with Crippen molar-refractivity contribution >= 4 is 5.91 Å². The maximum absolute atomic E-state index is 12.2. The van der Waals surface area contributed by atoms with Gasteiger partial charge < -0.3 is 10.1 Å². The van der Waals surface area contributed by atoms with Gasteiger partial charge in [0, 0.05) is 18.7 Å². The second kappa shape index (κ2) is 6.43. The van der Waals surface area contributed by atoms with Gasteiger partial charge in [0.05, 0.1) is 12.8 Å². The van der Waals surface area contributed by atoms with Crippen LogP contribution < -0.4 is 10.1 Å². The van der Waals surface area contributed by atoms with Crippen LogP contribution in [0.25, 0.3) is 11.3 Å². The average Bonchev–Trinajstić information content (AvgIpc) is 2.89. The topological polar surface area (TPSA) is 56.1 Å². The van der Waals surface area contributed by atoms with Crippen LogP contribution in [-0.4, -0.2) is 28.8 Å². The molecule has 0 saturated heterocycles. The molecule has 21 heavy (non-hydrogen) atoms. The lowest BCUT2D eigenvalue weighted by Gasteiger charge is -2.10. The molecule has 1 aromatic heterocycles. The number of aryl methyl sites for hydroxylation is 1. The summed E-state index contributed by atoms with van der Waals surface area (Å²) >= 11 is 0. The first-order valence-electron chi connectivity index (χ1n) is 7.04. The highest BCUT2D eigenvalue weighted by atomic mass is 16.5. The van der Waals surface area contributed by atoms with Crippen LogP contribution in [0.1, 0.15) is 30.8 Å². The fourth-order valence-corrected chi connectivity index (χ4v) is 2.00. The summed E-state index contributed by atoms with van der Waals surface area (Å²) in [6.45, 7) is 4.02. The Hall–Kier alpha value is -2.30. The van der Waals surface area contributed by atoms with Gasteiger partial charge in [-0.25, -0.2) is 0 Å². The molecule has 1 N–H and O–H groups in total. The zero-order valence-electron chi connectivity index (χ0n) is 12.9. The van der Waals surface area contributed by atoms with Gasteiger partial charge in [-0.2, -0.15) is 5.10 Å². The predicted octanol–water partition coefficient (Wildman–Crippen LogP) is 2.62. The fraction of sp³-hybridized carbons (Fsp3) is 0.375. The molecule has 1 amide bonds. The number of hydrogen-bond acceptors (Lipinski definition) is 3. The van der Waals surface area contributed by atoms with E-state index in [1.54, 1.807) is 24.9 Å². The highest BCUT2D eigenvalue weighted by molar-refractivity contribution is 5.93. The molecule has 0 fully saturated rings. The Balaban J connectivity index is 2.28. The smallest absolute Gasteiger partial charge is 0.269 e. The Kier molecular flexibility index (Phi) is 4.62. The summed E-state index contributed by atoms with van der Waals surface area (Å²) in [5, 5.41) is 7.36. The summed E-state index contributed by atoms with van der Waals surface area (Å²) in [5.41, 5.74) is 2.23. The number of nitrogens with one attached hydrogen (secondary N) is 1. The summed E-state index contributed by atoms with van der Waals surface area (Å²) in [6, 6.07) is 9.57. The molecular formula is C16H21N3O2. The SMILES string of the molecule is CCC(C)NC(=O)c1cc(-c2cccc(OC)c2)nn1C. The molecule has 5 nitrogen and oxygen atoms in total. The molecular weight excluding hydrogens is 266 g/mol. The number of amides is 1. The van der Waals surface area contributed by atoms with Crippen LogP contribution in [0.3, 0.4) is 0 Å². The van der Waals surface area contributed by atoms with Crippen molar-refractivity contribution in [3.8, 4) is 17.0 Å². The molecule has 1 heterocycles. The Morgan fingerprint density at radius 1 is 1.43 bits per heavy atom. The number of ether oxygens (including phenoxy) is 1. The minimum Gasteiger partial charge on any atom is -0.497 e. The van der Waals surface area contributed by atoms with Crippen LogP contribution in [0.4, 0.5) is 0 Å². The number of carbonyl (C=O) groups is 1. The van der Waals surface area contributed by atoms with Gasteiger partial charge in [0.25, 0.3) is 5.91 Å². The third-order valence-electron chi connectivity index (χ3n) is 3.47. The molecule has 0 saturated carbocycles. The van der Waals surface area contributed by atoms with E-state index in [9.17, 15) is 4.79 Å². The van der Waals surface area contributed by atoms with Gasteiger partial charge in [0.2, 0.25) is 0 Å². The zero-order chi connectivity index (χ0) is 15.4. The summed E-state index contributed by atoms with van der Waals surface area (Å²) in [7, 11) is 3.40. The molecule has 0 aliphatic carbocycles. The summed E-state index contributed by atoms with van der Waals surface area (Å²) in [6.07, 6.45) is 0.895. The van der Waals surface area contributed by atoms with Crippen molar-refractivity contribution in [2.45, 2.75) is 26.3 Å². The highest BCUT2D eigenvalue weighted by Crippen LogP contribution is 2.23. The Morgan fingerprint density at radius 3 is 2.86 bits per heavy atom. The molecule has 0 bridgehead atoms. The first-order valence-corrected chi connectivity index (χ1v) is 7.04. The molecule has 0 aliphatic rings. The third-order valence-corrected chi connectivity index (χ3v) is 3.47. The van der Waals surface area contributed by atoms with E-state index in [0.29, 0.717) is 5.69 Å². The van der Waals surface area contributed by atoms with Gasteiger partial charge in [-0.05, 0) is 31.5 Å². The van der Waals surface area contributed by atoms with E-state index in [0.717, 1.165) is 23.4 Å². The highest BCUT2D eigenvalue weighted by Gasteiger charge is 2.15. The normalized spacial score (nSPS) is 12.0. The Labute approximate surface area is 124 Å². The molecule has 1 aromatic carbocycles. The number of nitrogens with zero attached hydrogens (tertiary/aromatic N) is 2. The lowest BCUT2D eigenvalue weighted by Crippen LogP contribution is -2.33. The van der Waals surface area contributed by atoms with E-state index < -0.39 is 0 Å². The average molecular weight is 287 g/mol. The minimum absolute atomic E-state index is 0.103. The lowest BCUT2D eigenvalue weighted by molar-refractivity contribution is 0.0930. The van der Waals surface area contributed by atoms with E-state index in [2.05, 4.69) is 10.4 Å². The van der Waals surface area contributed by atoms with Crippen LogP contribution >= 0.6 is 0 Å². The van der Waals surface area contributed by atoms with Gasteiger partial charge >= 0.3 is 0 Å². The zero-order valence-corrected chi connectivity index (χ0v) is 12.9. The molecule has 2 rings (SSSR count). The standard InChI is InChI=1S/C16H21N3O2/c1-5-11(2)17-16(20)15-10-14(18-19(15)3)12-7-6-8-13(9-12)21-4/h6-11H,5H2,1-4H3,(H,17,20). The molecule has 0 radical (unpaired) electrons. The van der Waals surface area contributed by atoms with Gasteiger partial charge in [-0.15, -0.1) is 0 Å². The number of carbonyl (C=O) groups excluding carboxylic acids is 1. The van der Waals surface area contributed by atoms with Crippen molar-refractivity contribution in [2.24, 2.45) is 7.05 Å². The number of hydrogen-bond donors (Lipinski definition) is 1. The molecule has 1 unspecified atom stereocenters. The van der Waals surface area contributed by atoms with Gasteiger partial charge in [-0.1, -0.05) is 19.1 Å². The van der Waals surface area contributed by atoms with Crippen LogP contribution in [0.5, 0.6) is 5.75 Å². The molecule has 2 aromatic rings. The van der Waals surface area contributed by atoms with Crippen molar-refractivity contribution in [3.05, 3.63) is 36.0 Å². The summed E-state index contributed by atoms with van der Waals surface area (Å²) in [5.74, 6) is 0.664. The van der Waals surface area contributed by atoms with E-state index in [-0.39, 0.29) is 11.9 Å². The van der Waals surface area contributed by atoms with Crippen LogP contribution in [0.15, 0.2) is 30.3 Å².